The second kappa shape index (κ2) is 7.17. The highest BCUT2D eigenvalue weighted by Gasteiger charge is 2.26. The lowest BCUT2D eigenvalue weighted by Gasteiger charge is -2.30. The van der Waals surface area contributed by atoms with Crippen LogP contribution in [0.25, 0.3) is 10.6 Å². The molecule has 2 heterocycles. The Morgan fingerprint density at radius 1 is 1.36 bits per heavy atom. The summed E-state index contributed by atoms with van der Waals surface area (Å²) in [4.78, 5) is 12.1. The van der Waals surface area contributed by atoms with Gasteiger partial charge in [0.25, 0.3) is 0 Å². The van der Waals surface area contributed by atoms with E-state index in [0.29, 0.717) is 5.13 Å². The van der Waals surface area contributed by atoms with Gasteiger partial charge in [0.1, 0.15) is 5.01 Å². The van der Waals surface area contributed by atoms with E-state index in [-0.39, 0.29) is 24.6 Å². The van der Waals surface area contributed by atoms with Gasteiger partial charge in [-0.3, -0.25) is 5.32 Å². The molecular weight excluding hydrogens is 320 g/mol. The van der Waals surface area contributed by atoms with Gasteiger partial charge in [-0.1, -0.05) is 24.2 Å². The highest BCUT2D eigenvalue weighted by atomic mass is 32.1. The zero-order chi connectivity index (χ0) is 15.4. The van der Waals surface area contributed by atoms with E-state index in [9.17, 15) is 9.90 Å². The molecule has 1 fully saturated rings. The summed E-state index contributed by atoms with van der Waals surface area (Å²) in [6.45, 7) is 0.117. The standard InChI is InChI=1S/C14H18N4O2S2/c19-7-9-3-1-2-4-11(9)15-13(20)16-14-18-17-12(22-14)10-5-6-21-8-10/h5-6,8-9,11,19H,1-4,7H2,(H2,15,16,18,20)/t9-,11+/m1/s1. The Balaban J connectivity index is 1.57. The predicted molar refractivity (Wildman–Crippen MR) is 88.2 cm³/mol. The van der Waals surface area contributed by atoms with Crippen molar-refractivity contribution in [3.63, 3.8) is 0 Å². The van der Waals surface area contributed by atoms with Crippen molar-refractivity contribution in [2.24, 2.45) is 5.92 Å². The lowest BCUT2D eigenvalue weighted by atomic mass is 9.85. The van der Waals surface area contributed by atoms with Gasteiger partial charge in [-0.05, 0) is 24.3 Å². The van der Waals surface area contributed by atoms with Crippen LogP contribution in [0.1, 0.15) is 25.7 Å². The summed E-state index contributed by atoms with van der Waals surface area (Å²) in [6, 6.07) is 1.73. The Morgan fingerprint density at radius 3 is 3.00 bits per heavy atom. The highest BCUT2D eigenvalue weighted by Crippen LogP contribution is 2.28. The van der Waals surface area contributed by atoms with Crippen LogP contribution in [0.5, 0.6) is 0 Å². The molecule has 6 nitrogen and oxygen atoms in total. The maximum atomic E-state index is 12.1. The number of aliphatic hydroxyl groups excluding tert-OH is 1. The van der Waals surface area contributed by atoms with Crippen molar-refractivity contribution in [2.75, 3.05) is 11.9 Å². The zero-order valence-corrected chi connectivity index (χ0v) is 13.6. The monoisotopic (exact) mass is 338 g/mol. The number of anilines is 1. The fourth-order valence-corrected chi connectivity index (χ4v) is 4.14. The van der Waals surface area contributed by atoms with Gasteiger partial charge in [0.15, 0.2) is 0 Å². The zero-order valence-electron chi connectivity index (χ0n) is 12.0. The first-order chi connectivity index (χ1) is 10.8. The van der Waals surface area contributed by atoms with Gasteiger partial charge >= 0.3 is 6.03 Å². The molecule has 0 aliphatic heterocycles. The summed E-state index contributed by atoms with van der Waals surface area (Å²) in [6.07, 6.45) is 4.07. The molecule has 8 heteroatoms. The summed E-state index contributed by atoms with van der Waals surface area (Å²) in [5.74, 6) is 0.148. The predicted octanol–water partition coefficient (Wildman–Crippen LogP) is 2.94. The summed E-state index contributed by atoms with van der Waals surface area (Å²) < 4.78 is 0. The number of amides is 2. The number of hydrogen-bond donors (Lipinski definition) is 3. The average Bonchev–Trinajstić information content (AvgIpc) is 3.18. The molecule has 2 amide bonds. The van der Waals surface area contributed by atoms with Gasteiger partial charge in [0.2, 0.25) is 5.13 Å². The molecule has 2 aromatic heterocycles. The highest BCUT2D eigenvalue weighted by molar-refractivity contribution is 7.19. The molecule has 0 radical (unpaired) electrons. The number of nitrogens with zero attached hydrogens (tertiary/aromatic N) is 2. The number of hydrogen-bond acceptors (Lipinski definition) is 6. The number of thiophene rings is 1. The molecule has 1 aliphatic carbocycles. The molecule has 22 heavy (non-hydrogen) atoms. The van der Waals surface area contributed by atoms with Gasteiger partial charge in [-0.25, -0.2) is 4.79 Å². The Kier molecular flexibility index (Phi) is 5.01. The second-order valence-corrected chi connectivity index (χ2v) is 7.11. The maximum Gasteiger partial charge on any atom is 0.321 e. The number of carbonyl (C=O) groups excluding carboxylic acids is 1. The lowest BCUT2D eigenvalue weighted by Crippen LogP contribution is -2.45. The van der Waals surface area contributed by atoms with Crippen molar-refractivity contribution >= 4 is 33.8 Å². The van der Waals surface area contributed by atoms with Crippen molar-refractivity contribution in [2.45, 2.75) is 31.7 Å². The van der Waals surface area contributed by atoms with Crippen molar-refractivity contribution in [3.05, 3.63) is 16.8 Å². The Bertz CT molecular complexity index is 614. The van der Waals surface area contributed by atoms with E-state index >= 15 is 0 Å². The third-order valence-electron chi connectivity index (χ3n) is 3.87. The molecule has 0 aromatic carbocycles. The largest absolute Gasteiger partial charge is 0.396 e. The van der Waals surface area contributed by atoms with Crippen LogP contribution in [0.2, 0.25) is 0 Å². The molecule has 118 valence electrons. The van der Waals surface area contributed by atoms with Crippen molar-refractivity contribution in [1.82, 2.24) is 15.5 Å². The number of rotatable bonds is 4. The van der Waals surface area contributed by atoms with E-state index in [1.54, 1.807) is 11.3 Å². The molecule has 0 spiro atoms. The lowest BCUT2D eigenvalue weighted by molar-refractivity contribution is 0.156. The van der Waals surface area contributed by atoms with E-state index in [1.165, 1.54) is 11.3 Å². The molecule has 0 bridgehead atoms. The minimum Gasteiger partial charge on any atom is -0.396 e. The molecule has 0 unspecified atom stereocenters. The number of carbonyl (C=O) groups is 1. The van der Waals surface area contributed by atoms with Gasteiger partial charge in [0, 0.05) is 29.5 Å². The molecular formula is C14H18N4O2S2. The van der Waals surface area contributed by atoms with Gasteiger partial charge < -0.3 is 10.4 Å². The van der Waals surface area contributed by atoms with E-state index < -0.39 is 0 Å². The van der Waals surface area contributed by atoms with Gasteiger partial charge in [-0.2, -0.15) is 11.3 Å². The number of urea groups is 1. The summed E-state index contributed by atoms with van der Waals surface area (Å²) in [7, 11) is 0. The second-order valence-electron chi connectivity index (χ2n) is 5.36. The molecule has 1 aliphatic rings. The van der Waals surface area contributed by atoms with Gasteiger partial charge in [-0.15, -0.1) is 10.2 Å². The fraction of sp³-hybridized carbons (Fsp3) is 0.500. The molecule has 3 N–H and O–H groups in total. The van der Waals surface area contributed by atoms with Crippen LogP contribution in [0.15, 0.2) is 16.8 Å². The number of nitrogens with one attached hydrogen (secondary N) is 2. The summed E-state index contributed by atoms with van der Waals surface area (Å²) in [5.41, 5.74) is 1.02. The number of aliphatic hydroxyl groups is 1. The van der Waals surface area contributed by atoms with Crippen LogP contribution >= 0.6 is 22.7 Å². The molecule has 1 saturated carbocycles. The quantitative estimate of drug-likeness (QED) is 0.800. The Labute approximate surface area is 136 Å². The van der Waals surface area contributed by atoms with Crippen molar-refractivity contribution < 1.29 is 9.90 Å². The van der Waals surface area contributed by atoms with Crippen LogP contribution < -0.4 is 10.6 Å². The Hall–Kier alpha value is -1.51. The van der Waals surface area contributed by atoms with E-state index in [0.717, 1.165) is 36.3 Å². The first-order valence-electron chi connectivity index (χ1n) is 7.30. The van der Waals surface area contributed by atoms with Crippen LogP contribution in [0, 0.1) is 5.92 Å². The minimum absolute atomic E-state index is 0.0306. The van der Waals surface area contributed by atoms with Crippen LogP contribution in [0.4, 0.5) is 9.93 Å². The number of aromatic nitrogens is 2. The third-order valence-corrected chi connectivity index (χ3v) is 5.44. The van der Waals surface area contributed by atoms with Crippen LogP contribution in [-0.4, -0.2) is 34.0 Å². The van der Waals surface area contributed by atoms with Gasteiger partial charge in [0.05, 0.1) is 0 Å². The maximum absolute atomic E-state index is 12.1. The van der Waals surface area contributed by atoms with Crippen molar-refractivity contribution in [3.8, 4) is 10.6 Å². The minimum atomic E-state index is -0.279. The van der Waals surface area contributed by atoms with Crippen LogP contribution in [0.3, 0.4) is 0 Å². The normalized spacial score (nSPS) is 21.5. The average molecular weight is 338 g/mol. The third kappa shape index (κ3) is 3.63. The van der Waals surface area contributed by atoms with Crippen LogP contribution in [-0.2, 0) is 0 Å². The molecule has 2 aromatic rings. The smallest absolute Gasteiger partial charge is 0.321 e. The molecule has 0 saturated heterocycles. The fourth-order valence-electron chi connectivity index (χ4n) is 2.69. The van der Waals surface area contributed by atoms with Crippen molar-refractivity contribution in [1.29, 1.82) is 0 Å². The SMILES string of the molecule is O=C(Nc1nnc(-c2ccsc2)s1)N[C@H]1CCCC[C@@H]1CO. The molecule has 2 atom stereocenters. The van der Waals surface area contributed by atoms with E-state index in [1.807, 2.05) is 16.8 Å². The summed E-state index contributed by atoms with van der Waals surface area (Å²) in [5, 5.41) is 28.4. The van der Waals surface area contributed by atoms with E-state index in [4.69, 9.17) is 0 Å². The Morgan fingerprint density at radius 2 is 2.23 bits per heavy atom. The molecule has 3 rings (SSSR count). The summed E-state index contributed by atoms with van der Waals surface area (Å²) >= 11 is 2.95. The first kappa shape index (κ1) is 15.4. The first-order valence-corrected chi connectivity index (χ1v) is 9.06. The van der Waals surface area contributed by atoms with E-state index in [2.05, 4.69) is 20.8 Å². The topological polar surface area (TPSA) is 87.1 Å².